The van der Waals surface area contributed by atoms with Crippen LogP contribution in [0.1, 0.15) is 13.8 Å². The van der Waals surface area contributed by atoms with Crippen LogP contribution in [-0.4, -0.2) is 59.7 Å². The van der Waals surface area contributed by atoms with Gasteiger partial charge in [0.1, 0.15) is 17.6 Å². The highest BCUT2D eigenvalue weighted by molar-refractivity contribution is 7.99. The predicted octanol–water partition coefficient (Wildman–Crippen LogP) is 0.609. The number of ether oxygens (including phenoxy) is 3. The maximum Gasteiger partial charge on any atom is 0.303 e. The summed E-state index contributed by atoms with van der Waals surface area (Å²) >= 11 is 1.23. The fraction of sp³-hybridized carbons (Fsp3) is 0.818. The SMILES string of the molecule is CS[C@@H]1OC(CO)C(OC(C)=O)C(OC(C)=O)C1N=[N+]=[N-]. The third kappa shape index (κ3) is 4.50. The number of thioether (sulfide) groups is 1. The number of hydrogen-bond acceptors (Lipinski definition) is 8. The zero-order valence-electron chi connectivity index (χ0n) is 11.8. The van der Waals surface area contributed by atoms with E-state index in [-0.39, 0.29) is 0 Å². The van der Waals surface area contributed by atoms with Gasteiger partial charge in [0.15, 0.2) is 12.2 Å². The molecule has 1 fully saturated rings. The number of carbonyl (C=O) groups excluding carboxylic acids is 2. The lowest BCUT2D eigenvalue weighted by atomic mass is 9.98. The summed E-state index contributed by atoms with van der Waals surface area (Å²) in [5.74, 6) is -1.24. The van der Waals surface area contributed by atoms with E-state index in [0.717, 1.165) is 0 Å². The lowest BCUT2D eigenvalue weighted by molar-refractivity contribution is -0.205. The standard InChI is InChI=1S/C11H17N3O6S/c1-5(16)18-9-7(4-15)20-11(21-3)8(13-14-12)10(9)19-6(2)17/h7-11,15H,4H2,1-3H3/t7?,8?,9?,10?,11-/m0/s1. The third-order valence-electron chi connectivity index (χ3n) is 2.82. The lowest BCUT2D eigenvalue weighted by Gasteiger charge is -2.42. The van der Waals surface area contributed by atoms with Crippen molar-refractivity contribution in [1.29, 1.82) is 0 Å². The van der Waals surface area contributed by atoms with E-state index in [0.29, 0.717) is 0 Å². The van der Waals surface area contributed by atoms with Crippen LogP contribution < -0.4 is 0 Å². The van der Waals surface area contributed by atoms with Gasteiger partial charge in [-0.15, -0.1) is 11.8 Å². The van der Waals surface area contributed by atoms with Crippen LogP contribution in [0.5, 0.6) is 0 Å². The Bertz CT molecular complexity index is 442. The molecule has 0 saturated carbocycles. The molecule has 0 aromatic rings. The second kappa shape index (κ2) is 8.08. The molecule has 4 unspecified atom stereocenters. The Morgan fingerprint density at radius 2 is 1.90 bits per heavy atom. The zero-order valence-corrected chi connectivity index (χ0v) is 12.6. The summed E-state index contributed by atoms with van der Waals surface area (Å²) < 4.78 is 15.8. The van der Waals surface area contributed by atoms with Gasteiger partial charge < -0.3 is 19.3 Å². The van der Waals surface area contributed by atoms with Crippen LogP contribution in [0.2, 0.25) is 0 Å². The van der Waals surface area contributed by atoms with Crippen molar-refractivity contribution < 1.29 is 28.9 Å². The van der Waals surface area contributed by atoms with Gasteiger partial charge >= 0.3 is 11.9 Å². The molecule has 0 bridgehead atoms. The fourth-order valence-electron chi connectivity index (χ4n) is 2.08. The van der Waals surface area contributed by atoms with Crippen LogP contribution in [0, 0.1) is 0 Å². The normalized spacial score (nSPS) is 31.9. The van der Waals surface area contributed by atoms with Crippen molar-refractivity contribution in [3.63, 3.8) is 0 Å². The van der Waals surface area contributed by atoms with E-state index >= 15 is 0 Å². The summed E-state index contributed by atoms with van der Waals surface area (Å²) in [6, 6.07) is -0.874. The Morgan fingerprint density at radius 3 is 2.33 bits per heavy atom. The lowest BCUT2D eigenvalue weighted by Crippen LogP contribution is -2.59. The van der Waals surface area contributed by atoms with E-state index in [9.17, 15) is 14.7 Å². The highest BCUT2D eigenvalue weighted by Gasteiger charge is 2.49. The summed E-state index contributed by atoms with van der Waals surface area (Å²) in [5, 5.41) is 13.0. The smallest absolute Gasteiger partial charge is 0.303 e. The number of hydrogen-bond donors (Lipinski definition) is 1. The molecule has 0 spiro atoms. The summed E-state index contributed by atoms with van der Waals surface area (Å²) in [4.78, 5) is 25.2. The minimum absolute atomic E-state index is 0.435. The molecule has 1 N–H and O–H groups in total. The maximum absolute atomic E-state index is 11.3. The van der Waals surface area contributed by atoms with Crippen molar-refractivity contribution in [3.05, 3.63) is 10.4 Å². The average molecular weight is 319 g/mol. The Balaban J connectivity index is 3.16. The molecular weight excluding hydrogens is 302 g/mol. The van der Waals surface area contributed by atoms with Gasteiger partial charge in [0.25, 0.3) is 0 Å². The molecule has 0 radical (unpaired) electrons. The van der Waals surface area contributed by atoms with Gasteiger partial charge in [-0.1, -0.05) is 5.11 Å². The summed E-state index contributed by atoms with van der Waals surface area (Å²) in [5.41, 5.74) is 8.04. The van der Waals surface area contributed by atoms with Crippen molar-refractivity contribution in [2.75, 3.05) is 12.9 Å². The van der Waals surface area contributed by atoms with E-state index in [4.69, 9.17) is 19.7 Å². The number of nitrogens with zero attached hydrogens (tertiary/aromatic N) is 3. The summed E-state index contributed by atoms with van der Waals surface area (Å²) in [6.45, 7) is 1.94. The fourth-order valence-corrected chi connectivity index (χ4v) is 2.82. The molecule has 1 rings (SSSR count). The molecule has 1 saturated heterocycles. The quantitative estimate of drug-likeness (QED) is 0.340. The van der Waals surface area contributed by atoms with Crippen molar-refractivity contribution in [2.45, 2.75) is 43.6 Å². The second-order valence-corrected chi connectivity index (χ2v) is 5.24. The van der Waals surface area contributed by atoms with E-state index in [1.54, 1.807) is 6.26 Å². The monoisotopic (exact) mass is 319 g/mol. The molecule has 5 atom stereocenters. The number of esters is 2. The van der Waals surface area contributed by atoms with Crippen LogP contribution in [0.25, 0.3) is 10.4 Å². The van der Waals surface area contributed by atoms with Crippen molar-refractivity contribution >= 4 is 23.7 Å². The Kier molecular flexibility index (Phi) is 6.76. The molecule has 0 aromatic heterocycles. The predicted molar refractivity (Wildman–Crippen MR) is 73.3 cm³/mol. The van der Waals surface area contributed by atoms with Crippen LogP contribution in [-0.2, 0) is 23.8 Å². The molecule has 0 amide bonds. The van der Waals surface area contributed by atoms with Crippen LogP contribution >= 0.6 is 11.8 Å². The van der Waals surface area contributed by atoms with Crippen LogP contribution in [0.15, 0.2) is 5.11 Å². The molecule has 1 aliphatic rings. The molecule has 9 nitrogen and oxygen atoms in total. The Labute approximate surface area is 125 Å². The second-order valence-electron chi connectivity index (χ2n) is 4.30. The molecule has 1 heterocycles. The molecule has 0 aliphatic carbocycles. The zero-order chi connectivity index (χ0) is 16.0. The average Bonchev–Trinajstić information content (AvgIpc) is 2.41. The molecular formula is C11H17N3O6S. The third-order valence-corrected chi connectivity index (χ3v) is 3.67. The van der Waals surface area contributed by atoms with E-state index in [2.05, 4.69) is 10.0 Å². The number of aliphatic hydroxyl groups is 1. The first kappa shape index (κ1) is 17.6. The highest BCUT2D eigenvalue weighted by atomic mass is 32.2. The van der Waals surface area contributed by atoms with E-state index in [1.807, 2.05) is 0 Å². The molecule has 21 heavy (non-hydrogen) atoms. The maximum atomic E-state index is 11.3. The molecule has 118 valence electrons. The first-order valence-electron chi connectivity index (χ1n) is 6.12. The van der Waals surface area contributed by atoms with Gasteiger partial charge in [-0.25, -0.2) is 0 Å². The summed E-state index contributed by atoms with van der Waals surface area (Å²) in [7, 11) is 0. The number of azide groups is 1. The van der Waals surface area contributed by atoms with Gasteiger partial charge in [0.2, 0.25) is 0 Å². The van der Waals surface area contributed by atoms with Gasteiger partial charge in [-0.05, 0) is 11.8 Å². The van der Waals surface area contributed by atoms with Crippen molar-refractivity contribution in [1.82, 2.24) is 0 Å². The van der Waals surface area contributed by atoms with E-state index < -0.39 is 48.3 Å². The first-order chi connectivity index (χ1) is 9.94. The largest absolute Gasteiger partial charge is 0.458 e. The van der Waals surface area contributed by atoms with Gasteiger partial charge in [0, 0.05) is 18.8 Å². The van der Waals surface area contributed by atoms with E-state index in [1.165, 1.54) is 25.6 Å². The topological polar surface area (TPSA) is 131 Å². The Morgan fingerprint density at radius 1 is 1.33 bits per heavy atom. The Hall–Kier alpha value is -1.48. The highest BCUT2D eigenvalue weighted by Crippen LogP contribution is 2.32. The minimum atomic E-state index is -1.05. The summed E-state index contributed by atoms with van der Waals surface area (Å²) in [6.07, 6.45) is -1.22. The molecule has 1 aliphatic heterocycles. The van der Waals surface area contributed by atoms with Gasteiger partial charge in [-0.2, -0.15) is 0 Å². The van der Waals surface area contributed by atoms with Crippen LogP contribution in [0.3, 0.4) is 0 Å². The molecule has 0 aromatic carbocycles. The van der Waals surface area contributed by atoms with Crippen LogP contribution in [0.4, 0.5) is 0 Å². The van der Waals surface area contributed by atoms with Crippen molar-refractivity contribution in [3.8, 4) is 0 Å². The molecule has 10 heteroatoms. The number of aliphatic hydroxyl groups excluding tert-OH is 1. The van der Waals surface area contributed by atoms with Crippen molar-refractivity contribution in [2.24, 2.45) is 5.11 Å². The van der Waals surface area contributed by atoms with Gasteiger partial charge in [-0.3, -0.25) is 9.59 Å². The van der Waals surface area contributed by atoms with Gasteiger partial charge in [0.05, 0.1) is 6.61 Å². The minimum Gasteiger partial charge on any atom is -0.458 e. The number of rotatable bonds is 5. The number of carbonyl (C=O) groups is 2. The first-order valence-corrected chi connectivity index (χ1v) is 7.41.